The maximum atomic E-state index is 12.6. The predicted molar refractivity (Wildman–Crippen MR) is 91.1 cm³/mol. The smallest absolute Gasteiger partial charge is 0.227 e. The first-order chi connectivity index (χ1) is 11.2. The highest BCUT2D eigenvalue weighted by Gasteiger charge is 2.14. The van der Waals surface area contributed by atoms with Crippen molar-refractivity contribution in [1.82, 2.24) is 9.88 Å². The van der Waals surface area contributed by atoms with E-state index in [1.165, 1.54) is 5.56 Å². The van der Waals surface area contributed by atoms with Crippen LogP contribution >= 0.6 is 0 Å². The summed E-state index contributed by atoms with van der Waals surface area (Å²) in [6.45, 7) is 3.86. The summed E-state index contributed by atoms with van der Waals surface area (Å²) in [5.74, 6) is 0.0922. The number of pyridine rings is 1. The number of aryl methyl sites for hydroxylation is 1. The van der Waals surface area contributed by atoms with Gasteiger partial charge < -0.3 is 9.64 Å². The summed E-state index contributed by atoms with van der Waals surface area (Å²) >= 11 is 0. The molecule has 2 rings (SSSR count). The molecule has 0 atom stereocenters. The van der Waals surface area contributed by atoms with Crippen LogP contribution in [0.15, 0.2) is 48.8 Å². The van der Waals surface area contributed by atoms with Gasteiger partial charge in [-0.2, -0.15) is 0 Å². The average molecular weight is 312 g/mol. The van der Waals surface area contributed by atoms with Crippen LogP contribution in [0.4, 0.5) is 0 Å². The fraction of sp³-hybridized carbons (Fsp3) is 0.368. The largest absolute Gasteiger partial charge is 0.383 e. The highest BCUT2D eigenvalue weighted by Crippen LogP contribution is 2.10. The monoisotopic (exact) mass is 312 g/mol. The van der Waals surface area contributed by atoms with Crippen molar-refractivity contribution in [1.29, 1.82) is 0 Å². The summed E-state index contributed by atoms with van der Waals surface area (Å²) in [6, 6.07) is 12.2. The van der Waals surface area contributed by atoms with Crippen molar-refractivity contribution in [2.75, 3.05) is 20.3 Å². The van der Waals surface area contributed by atoms with Crippen LogP contribution in [0.2, 0.25) is 0 Å². The molecule has 0 radical (unpaired) electrons. The molecule has 0 saturated heterocycles. The van der Waals surface area contributed by atoms with E-state index in [4.69, 9.17) is 4.74 Å². The maximum absolute atomic E-state index is 12.6. The van der Waals surface area contributed by atoms with Crippen molar-refractivity contribution in [3.05, 3.63) is 65.5 Å². The molecule has 0 aliphatic heterocycles. The van der Waals surface area contributed by atoms with E-state index in [9.17, 15) is 4.79 Å². The van der Waals surface area contributed by atoms with Gasteiger partial charge in [0, 0.05) is 32.6 Å². The van der Waals surface area contributed by atoms with Gasteiger partial charge in [0.25, 0.3) is 0 Å². The maximum Gasteiger partial charge on any atom is 0.227 e. The Morgan fingerprint density at radius 2 is 1.87 bits per heavy atom. The molecule has 2 aromatic rings. The molecule has 0 spiro atoms. The van der Waals surface area contributed by atoms with Crippen LogP contribution in [-0.2, 0) is 28.9 Å². The van der Waals surface area contributed by atoms with E-state index >= 15 is 0 Å². The molecule has 1 aromatic heterocycles. The molecular formula is C19H24N2O2. The molecule has 0 fully saturated rings. The van der Waals surface area contributed by atoms with Gasteiger partial charge in [-0.05, 0) is 29.2 Å². The summed E-state index contributed by atoms with van der Waals surface area (Å²) < 4.78 is 5.14. The minimum absolute atomic E-state index is 0.0922. The number of methoxy groups -OCH3 is 1. The van der Waals surface area contributed by atoms with Crippen LogP contribution in [-0.4, -0.2) is 36.1 Å². The lowest BCUT2D eigenvalue weighted by Crippen LogP contribution is -2.34. The zero-order valence-corrected chi connectivity index (χ0v) is 13.9. The summed E-state index contributed by atoms with van der Waals surface area (Å²) in [5.41, 5.74) is 3.37. The van der Waals surface area contributed by atoms with Crippen molar-refractivity contribution >= 4 is 5.91 Å². The average Bonchev–Trinajstić information content (AvgIpc) is 2.60. The van der Waals surface area contributed by atoms with Crippen molar-refractivity contribution < 1.29 is 9.53 Å². The van der Waals surface area contributed by atoms with E-state index < -0.39 is 0 Å². The minimum atomic E-state index is 0.0922. The zero-order chi connectivity index (χ0) is 16.5. The Balaban J connectivity index is 2.04. The minimum Gasteiger partial charge on any atom is -0.383 e. The van der Waals surface area contributed by atoms with E-state index in [1.54, 1.807) is 19.5 Å². The number of carbonyl (C=O) groups is 1. The molecule has 0 aliphatic carbocycles. The van der Waals surface area contributed by atoms with Gasteiger partial charge in [0.1, 0.15) is 0 Å². The predicted octanol–water partition coefficient (Wildman–Crippen LogP) is 2.86. The van der Waals surface area contributed by atoms with E-state index in [0.717, 1.165) is 17.5 Å². The molecule has 1 amide bonds. The first kappa shape index (κ1) is 17.2. The van der Waals surface area contributed by atoms with E-state index in [-0.39, 0.29) is 5.91 Å². The number of amides is 1. The number of hydrogen-bond donors (Lipinski definition) is 0. The number of carbonyl (C=O) groups excluding carboxylic acids is 1. The third-order valence-corrected chi connectivity index (χ3v) is 3.80. The van der Waals surface area contributed by atoms with Crippen molar-refractivity contribution in [3.63, 3.8) is 0 Å². The molecule has 0 saturated carbocycles. The molecule has 0 unspecified atom stereocenters. The lowest BCUT2D eigenvalue weighted by Gasteiger charge is -2.23. The zero-order valence-electron chi connectivity index (χ0n) is 13.9. The normalized spacial score (nSPS) is 10.5. The third kappa shape index (κ3) is 5.49. The van der Waals surface area contributed by atoms with E-state index in [0.29, 0.717) is 26.1 Å². The second kappa shape index (κ2) is 9.06. The Kier molecular flexibility index (Phi) is 6.76. The molecule has 23 heavy (non-hydrogen) atoms. The Morgan fingerprint density at radius 1 is 1.13 bits per heavy atom. The standard InChI is InChI=1S/C19H24N2O2/c1-3-16-6-8-17(9-7-16)15-21(11-12-23-2)19(22)13-18-5-4-10-20-14-18/h4-10,14H,3,11-13,15H2,1-2H3. The Bertz CT molecular complexity index is 597. The summed E-state index contributed by atoms with van der Waals surface area (Å²) in [7, 11) is 1.65. The molecule has 4 heteroatoms. The van der Waals surface area contributed by atoms with Gasteiger partial charge in [-0.25, -0.2) is 0 Å². The second-order valence-corrected chi connectivity index (χ2v) is 5.52. The third-order valence-electron chi connectivity index (χ3n) is 3.80. The second-order valence-electron chi connectivity index (χ2n) is 5.52. The lowest BCUT2D eigenvalue weighted by atomic mass is 10.1. The van der Waals surface area contributed by atoms with Crippen molar-refractivity contribution in [2.45, 2.75) is 26.3 Å². The van der Waals surface area contributed by atoms with Gasteiger partial charge in [-0.3, -0.25) is 9.78 Å². The molecule has 1 aromatic carbocycles. The van der Waals surface area contributed by atoms with Crippen LogP contribution in [0.25, 0.3) is 0 Å². The van der Waals surface area contributed by atoms with Gasteiger partial charge in [0.2, 0.25) is 5.91 Å². The summed E-state index contributed by atoms with van der Waals surface area (Å²) in [4.78, 5) is 18.5. The Morgan fingerprint density at radius 3 is 2.48 bits per heavy atom. The first-order valence-electron chi connectivity index (χ1n) is 7.96. The fourth-order valence-corrected chi connectivity index (χ4v) is 2.38. The fourth-order valence-electron chi connectivity index (χ4n) is 2.38. The van der Waals surface area contributed by atoms with E-state index in [1.807, 2.05) is 17.0 Å². The van der Waals surface area contributed by atoms with Crippen LogP contribution in [0.5, 0.6) is 0 Å². The number of nitrogens with zero attached hydrogens (tertiary/aromatic N) is 2. The van der Waals surface area contributed by atoms with Gasteiger partial charge >= 0.3 is 0 Å². The highest BCUT2D eigenvalue weighted by atomic mass is 16.5. The Hall–Kier alpha value is -2.20. The molecule has 0 N–H and O–H groups in total. The Labute approximate surface area is 138 Å². The van der Waals surface area contributed by atoms with Crippen LogP contribution in [0, 0.1) is 0 Å². The van der Waals surface area contributed by atoms with Gasteiger partial charge in [0.05, 0.1) is 13.0 Å². The molecule has 0 bridgehead atoms. The number of aromatic nitrogens is 1. The van der Waals surface area contributed by atoms with E-state index in [2.05, 4.69) is 36.2 Å². The number of rotatable bonds is 8. The quantitative estimate of drug-likeness (QED) is 0.753. The topological polar surface area (TPSA) is 42.4 Å². The molecule has 122 valence electrons. The van der Waals surface area contributed by atoms with Gasteiger partial charge in [0.15, 0.2) is 0 Å². The number of hydrogen-bond acceptors (Lipinski definition) is 3. The lowest BCUT2D eigenvalue weighted by molar-refractivity contribution is -0.131. The summed E-state index contributed by atoms with van der Waals surface area (Å²) in [6.07, 6.45) is 4.84. The SMILES string of the molecule is CCc1ccc(CN(CCOC)C(=O)Cc2cccnc2)cc1. The van der Waals surface area contributed by atoms with Crippen LogP contribution in [0.3, 0.4) is 0 Å². The van der Waals surface area contributed by atoms with Gasteiger partial charge in [-0.15, -0.1) is 0 Å². The van der Waals surface area contributed by atoms with Crippen LogP contribution in [0.1, 0.15) is 23.6 Å². The summed E-state index contributed by atoms with van der Waals surface area (Å²) in [5, 5.41) is 0. The molecule has 0 aliphatic rings. The van der Waals surface area contributed by atoms with Crippen LogP contribution < -0.4 is 0 Å². The molecular weight excluding hydrogens is 288 g/mol. The first-order valence-corrected chi connectivity index (χ1v) is 7.96. The number of ether oxygens (including phenoxy) is 1. The highest BCUT2D eigenvalue weighted by molar-refractivity contribution is 5.78. The van der Waals surface area contributed by atoms with Crippen molar-refractivity contribution in [3.8, 4) is 0 Å². The molecule has 4 nitrogen and oxygen atoms in total. The van der Waals surface area contributed by atoms with Gasteiger partial charge in [-0.1, -0.05) is 37.3 Å². The van der Waals surface area contributed by atoms with Crippen molar-refractivity contribution in [2.24, 2.45) is 0 Å². The number of benzene rings is 1. The molecule has 1 heterocycles.